The molecule has 0 saturated carbocycles. The molecule has 1 amide bonds. The van der Waals surface area contributed by atoms with Gasteiger partial charge in [-0.15, -0.1) is 11.3 Å². The van der Waals surface area contributed by atoms with Gasteiger partial charge < -0.3 is 20.7 Å². The lowest BCUT2D eigenvalue weighted by molar-refractivity contribution is 0.0937. The molecule has 184 valence electrons. The van der Waals surface area contributed by atoms with Crippen molar-refractivity contribution in [3.8, 4) is 16.2 Å². The summed E-state index contributed by atoms with van der Waals surface area (Å²) >= 11 is 1.86. The molecule has 5 rings (SSSR count). The second-order valence-corrected chi connectivity index (χ2v) is 10.7. The number of amides is 1. The molecule has 0 radical (unpaired) electrons. The van der Waals surface area contributed by atoms with Crippen LogP contribution in [0, 0.1) is 6.92 Å². The molecule has 0 spiro atoms. The van der Waals surface area contributed by atoms with E-state index in [4.69, 9.17) is 4.74 Å². The molecular weight excluding hydrogens is 456 g/mol. The Morgan fingerprint density at radius 3 is 2.71 bits per heavy atom. The molecule has 3 aromatic rings. The zero-order chi connectivity index (χ0) is 24.2. The molecule has 2 aliphatic heterocycles. The Morgan fingerprint density at radius 1 is 1.11 bits per heavy atom. The molecule has 1 aromatic heterocycles. The molecule has 35 heavy (non-hydrogen) atoms. The van der Waals surface area contributed by atoms with Crippen molar-refractivity contribution in [1.29, 1.82) is 0 Å². The fourth-order valence-corrected chi connectivity index (χ4v) is 5.53. The lowest BCUT2D eigenvalue weighted by Crippen LogP contribution is -2.50. The molecule has 3 N–H and O–H groups in total. The minimum atomic E-state index is -0.109. The summed E-state index contributed by atoms with van der Waals surface area (Å²) in [5.41, 5.74) is 3.89. The van der Waals surface area contributed by atoms with Crippen LogP contribution in [-0.4, -0.2) is 56.2 Å². The zero-order valence-corrected chi connectivity index (χ0v) is 21.3. The monoisotopic (exact) mass is 490 g/mol. The van der Waals surface area contributed by atoms with Gasteiger partial charge in [-0.3, -0.25) is 9.69 Å². The van der Waals surface area contributed by atoms with Gasteiger partial charge >= 0.3 is 0 Å². The smallest absolute Gasteiger partial charge is 0.252 e. The van der Waals surface area contributed by atoms with E-state index in [2.05, 4.69) is 57.2 Å². The number of hydrogen-bond acceptors (Lipinski definition) is 6. The third-order valence-electron chi connectivity index (χ3n) is 6.77. The van der Waals surface area contributed by atoms with Crippen molar-refractivity contribution in [1.82, 2.24) is 20.9 Å². The predicted molar refractivity (Wildman–Crippen MR) is 142 cm³/mol. The number of nitrogens with zero attached hydrogens (tertiary/aromatic N) is 1. The maximum absolute atomic E-state index is 13.1. The summed E-state index contributed by atoms with van der Waals surface area (Å²) in [6.07, 6.45) is 0.185. The van der Waals surface area contributed by atoms with Crippen molar-refractivity contribution >= 4 is 17.2 Å². The minimum Gasteiger partial charge on any atom is -0.488 e. The number of aryl methyl sites for hydroxylation is 1. The number of benzene rings is 2. The van der Waals surface area contributed by atoms with E-state index in [9.17, 15) is 4.79 Å². The summed E-state index contributed by atoms with van der Waals surface area (Å²) < 4.78 is 5.95. The van der Waals surface area contributed by atoms with Crippen LogP contribution in [0.1, 0.15) is 39.3 Å². The number of ether oxygens (including phenoxy) is 1. The topological polar surface area (TPSA) is 65.6 Å². The van der Waals surface area contributed by atoms with Crippen molar-refractivity contribution in [2.45, 2.75) is 32.5 Å². The van der Waals surface area contributed by atoms with Gasteiger partial charge in [-0.05, 0) is 60.9 Å². The highest BCUT2D eigenvalue weighted by molar-refractivity contribution is 7.15. The molecule has 2 fully saturated rings. The highest BCUT2D eigenvalue weighted by Crippen LogP contribution is 2.31. The van der Waals surface area contributed by atoms with Crippen LogP contribution in [0.3, 0.4) is 0 Å². The van der Waals surface area contributed by atoms with Crippen LogP contribution in [0.5, 0.6) is 5.75 Å². The van der Waals surface area contributed by atoms with E-state index >= 15 is 0 Å². The molecular formula is C28H34N4O2S. The normalized spacial score (nSPS) is 17.5. The number of thiophene rings is 1. The van der Waals surface area contributed by atoms with Gasteiger partial charge in [0, 0.05) is 61.1 Å². The molecule has 1 unspecified atom stereocenters. The number of carbonyl (C=O) groups excluding carboxylic acids is 1. The third-order valence-corrected chi connectivity index (χ3v) is 7.89. The summed E-state index contributed by atoms with van der Waals surface area (Å²) in [6.45, 7) is 11.1. The van der Waals surface area contributed by atoms with E-state index < -0.39 is 0 Å². The lowest BCUT2D eigenvalue weighted by atomic mass is 10.0. The van der Waals surface area contributed by atoms with Crippen molar-refractivity contribution < 1.29 is 9.53 Å². The summed E-state index contributed by atoms with van der Waals surface area (Å²) in [5.74, 6) is 0.670. The Morgan fingerprint density at radius 2 is 1.94 bits per heavy atom. The van der Waals surface area contributed by atoms with Gasteiger partial charge in [0.1, 0.15) is 11.9 Å². The highest BCUT2D eigenvalue weighted by Gasteiger charge is 2.20. The second kappa shape index (κ2) is 10.9. The molecule has 3 heterocycles. The van der Waals surface area contributed by atoms with Gasteiger partial charge in [0.05, 0.1) is 6.04 Å². The molecule has 7 heteroatoms. The van der Waals surface area contributed by atoms with Gasteiger partial charge in [0.15, 0.2) is 0 Å². The average Bonchev–Trinajstić information content (AvgIpc) is 3.31. The van der Waals surface area contributed by atoms with E-state index in [1.165, 1.54) is 15.3 Å². The third kappa shape index (κ3) is 5.93. The lowest BCUT2D eigenvalue weighted by Gasteiger charge is -2.28. The fraction of sp³-hybridized carbons (Fsp3) is 0.393. The standard InChI is InChI=1S/C28H34N4O2S/c1-19-6-7-23(34-24-16-30-17-24)15-26(19)28(33)31-20(2)21-4-3-5-22(14-21)27-9-8-25(35-27)18-32-12-10-29-11-13-32/h3-9,14-15,20,24,29-30H,10-13,16-18H2,1-2H3,(H,31,33). The van der Waals surface area contributed by atoms with Gasteiger partial charge in [-0.25, -0.2) is 0 Å². The van der Waals surface area contributed by atoms with Crippen molar-refractivity contribution in [3.05, 3.63) is 76.2 Å². The van der Waals surface area contributed by atoms with Gasteiger partial charge in [-0.2, -0.15) is 0 Å². The average molecular weight is 491 g/mol. The fourth-order valence-electron chi connectivity index (χ4n) is 4.48. The first-order valence-electron chi connectivity index (χ1n) is 12.5. The van der Waals surface area contributed by atoms with Crippen LogP contribution in [0.15, 0.2) is 54.6 Å². The van der Waals surface area contributed by atoms with Crippen LogP contribution >= 0.6 is 11.3 Å². The Bertz CT molecular complexity index is 1170. The van der Waals surface area contributed by atoms with Crippen LogP contribution in [0.2, 0.25) is 0 Å². The van der Waals surface area contributed by atoms with E-state index in [1.54, 1.807) is 0 Å². The van der Waals surface area contributed by atoms with Crippen molar-refractivity contribution in [3.63, 3.8) is 0 Å². The summed E-state index contributed by atoms with van der Waals surface area (Å²) in [4.78, 5) is 18.3. The number of hydrogen-bond donors (Lipinski definition) is 3. The van der Waals surface area contributed by atoms with Gasteiger partial charge in [0.2, 0.25) is 0 Å². The summed E-state index contributed by atoms with van der Waals surface area (Å²) in [6, 6.07) is 18.6. The highest BCUT2D eigenvalue weighted by atomic mass is 32.1. The first-order valence-corrected chi connectivity index (χ1v) is 13.3. The van der Waals surface area contributed by atoms with Crippen molar-refractivity contribution in [2.24, 2.45) is 0 Å². The summed E-state index contributed by atoms with van der Waals surface area (Å²) in [5, 5.41) is 9.80. The number of carbonyl (C=O) groups is 1. The predicted octanol–water partition coefficient (Wildman–Crippen LogP) is 3.97. The maximum Gasteiger partial charge on any atom is 0.252 e. The largest absolute Gasteiger partial charge is 0.488 e. The Hall–Kier alpha value is -2.71. The van der Waals surface area contributed by atoms with E-state index in [0.29, 0.717) is 5.56 Å². The van der Waals surface area contributed by atoms with Crippen LogP contribution < -0.4 is 20.7 Å². The van der Waals surface area contributed by atoms with Crippen LogP contribution in [0.25, 0.3) is 10.4 Å². The molecule has 2 aromatic carbocycles. The minimum absolute atomic E-state index is 0.0768. The first-order chi connectivity index (χ1) is 17.0. The Balaban J connectivity index is 1.25. The van der Waals surface area contributed by atoms with Crippen LogP contribution in [0.4, 0.5) is 0 Å². The molecule has 0 aliphatic carbocycles. The van der Waals surface area contributed by atoms with E-state index in [0.717, 1.165) is 62.7 Å². The number of rotatable bonds is 8. The zero-order valence-electron chi connectivity index (χ0n) is 20.5. The summed E-state index contributed by atoms with van der Waals surface area (Å²) in [7, 11) is 0. The van der Waals surface area contributed by atoms with Crippen LogP contribution in [-0.2, 0) is 6.54 Å². The Labute approximate surface area is 211 Å². The maximum atomic E-state index is 13.1. The second-order valence-electron chi connectivity index (χ2n) is 9.49. The first kappa shape index (κ1) is 24.0. The SMILES string of the molecule is Cc1ccc(OC2CNC2)cc1C(=O)NC(C)c1cccc(-c2ccc(CN3CCNCC3)s2)c1. The number of nitrogens with one attached hydrogen (secondary N) is 3. The molecule has 2 aliphatic rings. The molecule has 2 saturated heterocycles. The molecule has 0 bridgehead atoms. The molecule has 1 atom stereocenters. The van der Waals surface area contributed by atoms with Gasteiger partial charge in [-0.1, -0.05) is 24.3 Å². The quantitative estimate of drug-likeness (QED) is 0.446. The van der Waals surface area contributed by atoms with Crippen molar-refractivity contribution in [2.75, 3.05) is 39.3 Å². The van der Waals surface area contributed by atoms with E-state index in [1.807, 2.05) is 43.4 Å². The molecule has 6 nitrogen and oxygen atoms in total. The van der Waals surface area contributed by atoms with Gasteiger partial charge in [0.25, 0.3) is 5.91 Å². The number of piperazine rings is 1. The van der Waals surface area contributed by atoms with E-state index in [-0.39, 0.29) is 18.1 Å². The Kier molecular flexibility index (Phi) is 7.48.